The van der Waals surface area contributed by atoms with Gasteiger partial charge in [-0.15, -0.1) is 0 Å². The first-order valence-corrected chi connectivity index (χ1v) is 6.80. The summed E-state index contributed by atoms with van der Waals surface area (Å²) in [6.07, 6.45) is -0.0930. The molecule has 5 N–H and O–H groups in total. The van der Waals surface area contributed by atoms with Gasteiger partial charge in [0.15, 0.2) is 11.5 Å². The van der Waals surface area contributed by atoms with Gasteiger partial charge < -0.3 is 25.6 Å². The molecule has 0 spiro atoms. The Bertz CT molecular complexity index is 732. The molecule has 22 heavy (non-hydrogen) atoms. The van der Waals surface area contributed by atoms with E-state index < -0.39 is 24.0 Å². The van der Waals surface area contributed by atoms with Crippen LogP contribution in [0.3, 0.4) is 0 Å². The highest BCUT2D eigenvalue weighted by Gasteiger charge is 2.42. The van der Waals surface area contributed by atoms with Crippen LogP contribution in [0.5, 0.6) is 0 Å². The lowest BCUT2D eigenvalue weighted by atomic mass is 9.98. The summed E-state index contributed by atoms with van der Waals surface area (Å²) in [4.78, 5) is 11.9. The van der Waals surface area contributed by atoms with Crippen LogP contribution >= 0.6 is 0 Å². The second-order valence-corrected chi connectivity index (χ2v) is 5.24. The Labute approximate surface area is 124 Å². The van der Waals surface area contributed by atoms with Gasteiger partial charge in [-0.2, -0.15) is 0 Å². The average Bonchev–Trinajstić information content (AvgIpc) is 3.00. The number of aliphatic hydroxyl groups is 3. The molecule has 0 saturated heterocycles. The maximum atomic E-state index is 14.4. The van der Waals surface area contributed by atoms with Crippen molar-refractivity contribution in [3.8, 4) is 0 Å². The zero-order valence-corrected chi connectivity index (χ0v) is 11.6. The number of nitrogen functional groups attached to an aromatic ring is 1. The number of aliphatic hydroxyl groups excluding tert-OH is 3. The molecule has 1 aliphatic rings. The fraction of sp³-hybridized carbons (Fsp3) is 0.462. The number of alkyl halides is 1. The first kappa shape index (κ1) is 14.7. The fourth-order valence-electron chi connectivity index (χ4n) is 2.77. The number of aromatic nitrogens is 4. The molecule has 9 heteroatoms. The quantitative estimate of drug-likeness (QED) is 0.622. The number of imidazole rings is 1. The summed E-state index contributed by atoms with van der Waals surface area (Å²) < 4.78 is 16.0. The predicted molar refractivity (Wildman–Crippen MR) is 75.5 cm³/mol. The normalized spacial score (nSPS) is 25.3. The topological polar surface area (TPSA) is 130 Å². The smallest absolute Gasteiger partial charge is 0.165 e. The van der Waals surface area contributed by atoms with Crippen molar-refractivity contribution in [2.24, 2.45) is 5.92 Å². The van der Waals surface area contributed by atoms with Crippen LogP contribution in [0.15, 0.2) is 24.0 Å². The van der Waals surface area contributed by atoms with Gasteiger partial charge in [0.2, 0.25) is 0 Å². The maximum Gasteiger partial charge on any atom is 0.165 e. The number of nitrogens with two attached hydrogens (primary N) is 1. The van der Waals surface area contributed by atoms with Crippen LogP contribution in [0.4, 0.5) is 10.2 Å². The number of halogens is 1. The van der Waals surface area contributed by atoms with E-state index in [1.165, 1.54) is 17.2 Å². The molecule has 1 unspecified atom stereocenters. The molecule has 0 bridgehead atoms. The van der Waals surface area contributed by atoms with E-state index in [-0.39, 0.29) is 31.0 Å². The van der Waals surface area contributed by atoms with Crippen molar-refractivity contribution in [3.05, 3.63) is 24.0 Å². The molecule has 0 radical (unpaired) electrons. The van der Waals surface area contributed by atoms with Gasteiger partial charge in [-0.3, -0.25) is 0 Å². The molecule has 2 heterocycles. The minimum atomic E-state index is -1.54. The van der Waals surface area contributed by atoms with Crippen LogP contribution in [-0.2, 0) is 6.54 Å². The predicted octanol–water partition coefficient (Wildman–Crippen LogP) is -0.0682. The van der Waals surface area contributed by atoms with Crippen molar-refractivity contribution in [2.45, 2.75) is 25.2 Å². The zero-order valence-electron chi connectivity index (χ0n) is 11.6. The van der Waals surface area contributed by atoms with E-state index in [0.29, 0.717) is 11.2 Å². The molecule has 0 aromatic carbocycles. The minimum Gasteiger partial charge on any atom is -0.509 e. The third-order valence-electron chi connectivity index (χ3n) is 3.96. The van der Waals surface area contributed by atoms with E-state index in [2.05, 4.69) is 15.0 Å². The van der Waals surface area contributed by atoms with Gasteiger partial charge in [-0.1, -0.05) is 0 Å². The number of allylic oxidation sites excluding steroid dienone is 1. The number of nitrogens with zero attached hydrogens (tertiary/aromatic N) is 4. The summed E-state index contributed by atoms with van der Waals surface area (Å²) in [5.74, 6) is -1.03. The molecule has 0 amide bonds. The first-order valence-electron chi connectivity index (χ1n) is 6.80. The molecule has 1 aliphatic carbocycles. The number of hydrogen-bond donors (Lipinski definition) is 4. The molecule has 0 saturated carbocycles. The highest BCUT2D eigenvalue weighted by Crippen LogP contribution is 2.36. The minimum absolute atomic E-state index is 0.0149. The van der Waals surface area contributed by atoms with Gasteiger partial charge in [0.05, 0.1) is 12.9 Å². The van der Waals surface area contributed by atoms with Crippen molar-refractivity contribution in [3.63, 3.8) is 0 Å². The highest BCUT2D eigenvalue weighted by molar-refractivity contribution is 5.81. The first-order chi connectivity index (χ1) is 10.5. The Morgan fingerprint density at radius 2 is 2.09 bits per heavy atom. The molecular formula is C13H16FN5O3. The average molecular weight is 309 g/mol. The van der Waals surface area contributed by atoms with Crippen LogP contribution in [-0.4, -0.2) is 53.7 Å². The molecular weight excluding hydrogens is 293 g/mol. The maximum absolute atomic E-state index is 14.4. The summed E-state index contributed by atoms with van der Waals surface area (Å²) in [6, 6.07) is 0. The van der Waals surface area contributed by atoms with Gasteiger partial charge in [0.1, 0.15) is 29.9 Å². The van der Waals surface area contributed by atoms with E-state index in [1.807, 2.05) is 0 Å². The molecule has 3 atom stereocenters. The van der Waals surface area contributed by atoms with E-state index in [0.717, 1.165) is 0 Å². The highest BCUT2D eigenvalue weighted by atomic mass is 19.1. The summed E-state index contributed by atoms with van der Waals surface area (Å²) in [5.41, 5.74) is 6.55. The Balaban J connectivity index is 1.93. The van der Waals surface area contributed by atoms with Gasteiger partial charge in [-0.05, 0) is 6.42 Å². The van der Waals surface area contributed by atoms with E-state index in [1.54, 1.807) is 0 Å². The summed E-state index contributed by atoms with van der Waals surface area (Å²) in [7, 11) is 0. The molecule has 8 nitrogen and oxygen atoms in total. The SMILES string of the molecule is Nc1ncnc2c1ncn2CC1=C(O)C(O)[C@@H](CCO)[C@H]1F. The number of rotatable bonds is 4. The summed E-state index contributed by atoms with van der Waals surface area (Å²) >= 11 is 0. The Morgan fingerprint density at radius 1 is 1.32 bits per heavy atom. The zero-order chi connectivity index (χ0) is 15.9. The van der Waals surface area contributed by atoms with E-state index in [4.69, 9.17) is 10.8 Å². The van der Waals surface area contributed by atoms with Crippen LogP contribution in [0, 0.1) is 5.92 Å². The van der Waals surface area contributed by atoms with Crippen LogP contribution in [0.1, 0.15) is 6.42 Å². The van der Waals surface area contributed by atoms with Crippen molar-refractivity contribution in [1.29, 1.82) is 0 Å². The van der Waals surface area contributed by atoms with E-state index in [9.17, 15) is 14.6 Å². The van der Waals surface area contributed by atoms with Crippen molar-refractivity contribution >= 4 is 17.0 Å². The largest absolute Gasteiger partial charge is 0.509 e. The van der Waals surface area contributed by atoms with Crippen LogP contribution < -0.4 is 5.73 Å². The lowest BCUT2D eigenvalue weighted by Gasteiger charge is -2.16. The van der Waals surface area contributed by atoms with Crippen molar-refractivity contribution < 1.29 is 19.7 Å². The van der Waals surface area contributed by atoms with Gasteiger partial charge in [-0.25, -0.2) is 19.3 Å². The van der Waals surface area contributed by atoms with Gasteiger partial charge >= 0.3 is 0 Å². The molecule has 0 fully saturated rings. The molecule has 2 aromatic rings. The lowest BCUT2D eigenvalue weighted by Crippen LogP contribution is -2.25. The van der Waals surface area contributed by atoms with Crippen molar-refractivity contribution in [2.75, 3.05) is 12.3 Å². The van der Waals surface area contributed by atoms with Crippen LogP contribution in [0.2, 0.25) is 0 Å². The number of anilines is 1. The molecule has 3 rings (SSSR count). The molecule has 118 valence electrons. The second-order valence-electron chi connectivity index (χ2n) is 5.24. The lowest BCUT2D eigenvalue weighted by molar-refractivity contribution is 0.0712. The Hall–Kier alpha value is -2.26. The Kier molecular flexibility index (Phi) is 3.67. The number of hydrogen-bond acceptors (Lipinski definition) is 7. The molecule has 2 aromatic heterocycles. The van der Waals surface area contributed by atoms with Crippen molar-refractivity contribution in [1.82, 2.24) is 19.5 Å². The third kappa shape index (κ3) is 2.18. The van der Waals surface area contributed by atoms with Gasteiger partial charge in [0, 0.05) is 18.1 Å². The van der Waals surface area contributed by atoms with Crippen LogP contribution in [0.25, 0.3) is 11.2 Å². The second kappa shape index (κ2) is 5.50. The standard InChI is InChI=1S/C13H16FN5O3/c14-8-6(1-2-20)10(21)11(22)7(8)3-19-5-18-9-12(15)16-4-17-13(9)19/h4-6,8,10,20-22H,1-3H2,(H2,15,16,17)/t6-,8+,10?/m0/s1. The number of fused-ring (bicyclic) bond motifs is 1. The third-order valence-corrected chi connectivity index (χ3v) is 3.96. The molecule has 0 aliphatic heterocycles. The Morgan fingerprint density at radius 3 is 2.82 bits per heavy atom. The van der Waals surface area contributed by atoms with Gasteiger partial charge in [0.25, 0.3) is 0 Å². The fourth-order valence-corrected chi connectivity index (χ4v) is 2.77. The van der Waals surface area contributed by atoms with E-state index >= 15 is 0 Å². The summed E-state index contributed by atoms with van der Waals surface area (Å²) in [6.45, 7) is -0.278. The summed E-state index contributed by atoms with van der Waals surface area (Å²) in [5, 5.41) is 28.8. The monoisotopic (exact) mass is 309 g/mol.